The van der Waals surface area contributed by atoms with E-state index in [2.05, 4.69) is 15.6 Å². The van der Waals surface area contributed by atoms with Gasteiger partial charge in [0.2, 0.25) is 0 Å². The lowest BCUT2D eigenvalue weighted by Gasteiger charge is -2.10. The number of benzene rings is 2. The maximum Gasteiger partial charge on any atom is 0.319 e. The SMILES string of the molecule is COc1ccc(NC(=O)NCc2nc3ccccc3s2)cc1OC. The third-order valence-corrected chi connectivity index (χ3v) is 4.42. The Morgan fingerprint density at radius 1 is 1.12 bits per heavy atom. The van der Waals surface area contributed by atoms with E-state index in [9.17, 15) is 4.79 Å². The number of ether oxygens (including phenoxy) is 2. The summed E-state index contributed by atoms with van der Waals surface area (Å²) in [7, 11) is 3.12. The van der Waals surface area contributed by atoms with Gasteiger partial charge < -0.3 is 20.1 Å². The molecule has 124 valence electrons. The molecule has 2 amide bonds. The van der Waals surface area contributed by atoms with Crippen LogP contribution in [0.2, 0.25) is 0 Å². The Labute approximate surface area is 143 Å². The molecule has 6 nitrogen and oxygen atoms in total. The monoisotopic (exact) mass is 343 g/mol. The minimum atomic E-state index is -0.304. The normalized spacial score (nSPS) is 10.4. The number of thiazole rings is 1. The number of urea groups is 1. The third kappa shape index (κ3) is 3.57. The first-order valence-electron chi connectivity index (χ1n) is 7.31. The lowest BCUT2D eigenvalue weighted by Crippen LogP contribution is -2.28. The predicted molar refractivity (Wildman–Crippen MR) is 95.0 cm³/mol. The number of para-hydroxylation sites is 1. The number of rotatable bonds is 5. The fraction of sp³-hybridized carbons (Fsp3) is 0.176. The lowest BCUT2D eigenvalue weighted by molar-refractivity contribution is 0.251. The van der Waals surface area contributed by atoms with E-state index in [1.165, 1.54) is 0 Å². The Balaban J connectivity index is 1.61. The van der Waals surface area contributed by atoms with E-state index in [-0.39, 0.29) is 6.03 Å². The summed E-state index contributed by atoms with van der Waals surface area (Å²) in [5, 5.41) is 6.42. The van der Waals surface area contributed by atoms with E-state index in [1.807, 2.05) is 24.3 Å². The summed E-state index contributed by atoms with van der Waals surface area (Å²) >= 11 is 1.57. The van der Waals surface area contributed by atoms with Gasteiger partial charge in [-0.2, -0.15) is 0 Å². The second kappa shape index (κ2) is 7.18. The van der Waals surface area contributed by atoms with Gasteiger partial charge in [-0.3, -0.25) is 0 Å². The number of nitrogens with zero attached hydrogens (tertiary/aromatic N) is 1. The number of carbonyl (C=O) groups excluding carboxylic acids is 1. The Morgan fingerprint density at radius 2 is 1.92 bits per heavy atom. The molecule has 24 heavy (non-hydrogen) atoms. The van der Waals surface area contributed by atoms with Gasteiger partial charge in [-0.15, -0.1) is 11.3 Å². The van der Waals surface area contributed by atoms with Crippen molar-refractivity contribution < 1.29 is 14.3 Å². The maximum atomic E-state index is 12.0. The van der Waals surface area contributed by atoms with Crippen molar-refractivity contribution >= 4 is 33.3 Å². The van der Waals surface area contributed by atoms with Crippen LogP contribution in [0.15, 0.2) is 42.5 Å². The van der Waals surface area contributed by atoms with E-state index in [4.69, 9.17) is 9.47 Å². The molecule has 0 saturated heterocycles. The molecule has 0 aliphatic heterocycles. The molecular weight excluding hydrogens is 326 g/mol. The van der Waals surface area contributed by atoms with Crippen LogP contribution in [0.1, 0.15) is 5.01 Å². The fourth-order valence-electron chi connectivity index (χ4n) is 2.24. The van der Waals surface area contributed by atoms with Crippen LogP contribution >= 0.6 is 11.3 Å². The van der Waals surface area contributed by atoms with Crippen LogP contribution in [0.3, 0.4) is 0 Å². The molecule has 2 N–H and O–H groups in total. The number of anilines is 1. The molecule has 1 heterocycles. The molecule has 0 aliphatic rings. The van der Waals surface area contributed by atoms with Crippen LogP contribution in [-0.4, -0.2) is 25.2 Å². The van der Waals surface area contributed by atoms with Crippen molar-refractivity contribution in [1.82, 2.24) is 10.3 Å². The van der Waals surface area contributed by atoms with Crippen molar-refractivity contribution in [2.75, 3.05) is 19.5 Å². The molecule has 7 heteroatoms. The summed E-state index contributed by atoms with van der Waals surface area (Å²) < 4.78 is 11.5. The van der Waals surface area contributed by atoms with E-state index >= 15 is 0 Å². The standard InChI is InChI=1S/C17H17N3O3S/c1-22-13-8-7-11(9-14(13)23-2)19-17(21)18-10-16-20-12-5-3-4-6-15(12)24-16/h3-9H,10H2,1-2H3,(H2,18,19,21). The van der Waals surface area contributed by atoms with Crippen LogP contribution in [0, 0.1) is 0 Å². The van der Waals surface area contributed by atoms with E-state index in [0.717, 1.165) is 15.2 Å². The number of fused-ring (bicyclic) bond motifs is 1. The number of carbonyl (C=O) groups is 1. The van der Waals surface area contributed by atoms with Crippen LogP contribution in [-0.2, 0) is 6.54 Å². The summed E-state index contributed by atoms with van der Waals surface area (Å²) in [5.74, 6) is 1.17. The molecule has 0 fully saturated rings. The quantitative estimate of drug-likeness (QED) is 0.742. The Morgan fingerprint density at radius 3 is 2.67 bits per heavy atom. The minimum absolute atomic E-state index is 0.304. The highest BCUT2D eigenvalue weighted by molar-refractivity contribution is 7.18. The summed E-state index contributed by atoms with van der Waals surface area (Å²) in [6, 6.07) is 12.8. The fourth-order valence-corrected chi connectivity index (χ4v) is 3.15. The third-order valence-electron chi connectivity index (χ3n) is 3.38. The van der Waals surface area contributed by atoms with Crippen LogP contribution in [0.4, 0.5) is 10.5 Å². The van der Waals surface area contributed by atoms with Gasteiger partial charge in [0.25, 0.3) is 0 Å². The van der Waals surface area contributed by atoms with Gasteiger partial charge in [-0.1, -0.05) is 12.1 Å². The van der Waals surface area contributed by atoms with Crippen molar-refractivity contribution in [2.24, 2.45) is 0 Å². The van der Waals surface area contributed by atoms with Crippen molar-refractivity contribution in [3.05, 3.63) is 47.5 Å². The first kappa shape index (κ1) is 16.1. The second-order valence-corrected chi connectivity index (χ2v) is 6.07. The smallest absolute Gasteiger partial charge is 0.319 e. The highest BCUT2D eigenvalue weighted by atomic mass is 32.1. The van der Waals surface area contributed by atoms with Crippen molar-refractivity contribution in [2.45, 2.75) is 6.54 Å². The number of hydrogen-bond donors (Lipinski definition) is 2. The Hall–Kier alpha value is -2.80. The number of methoxy groups -OCH3 is 2. The number of amides is 2. The zero-order chi connectivity index (χ0) is 16.9. The van der Waals surface area contributed by atoms with Gasteiger partial charge in [0.15, 0.2) is 11.5 Å². The van der Waals surface area contributed by atoms with Gasteiger partial charge in [0.05, 0.1) is 31.0 Å². The number of nitrogens with one attached hydrogen (secondary N) is 2. The van der Waals surface area contributed by atoms with Crippen molar-refractivity contribution in [3.8, 4) is 11.5 Å². The van der Waals surface area contributed by atoms with Crippen molar-refractivity contribution in [3.63, 3.8) is 0 Å². The molecular formula is C17H17N3O3S. The second-order valence-electron chi connectivity index (χ2n) is 4.95. The van der Waals surface area contributed by atoms with Gasteiger partial charge in [0.1, 0.15) is 5.01 Å². The summed E-state index contributed by atoms with van der Waals surface area (Å²) in [6.45, 7) is 0.373. The van der Waals surface area contributed by atoms with Gasteiger partial charge in [-0.05, 0) is 24.3 Å². The molecule has 2 aromatic carbocycles. The first-order valence-corrected chi connectivity index (χ1v) is 8.12. The Kier molecular flexibility index (Phi) is 4.81. The zero-order valence-corrected chi connectivity index (χ0v) is 14.1. The Bertz CT molecular complexity index is 830. The van der Waals surface area contributed by atoms with E-state index in [0.29, 0.717) is 23.7 Å². The molecule has 3 aromatic rings. The molecule has 0 radical (unpaired) electrons. The molecule has 3 rings (SSSR count). The molecule has 0 spiro atoms. The van der Waals surface area contributed by atoms with E-state index < -0.39 is 0 Å². The zero-order valence-electron chi connectivity index (χ0n) is 13.3. The van der Waals surface area contributed by atoms with Crippen LogP contribution < -0.4 is 20.1 Å². The van der Waals surface area contributed by atoms with Crippen LogP contribution in [0.25, 0.3) is 10.2 Å². The average molecular weight is 343 g/mol. The summed E-state index contributed by atoms with van der Waals surface area (Å²) in [6.07, 6.45) is 0. The summed E-state index contributed by atoms with van der Waals surface area (Å²) in [5.41, 5.74) is 1.56. The van der Waals surface area contributed by atoms with Gasteiger partial charge in [0, 0.05) is 11.8 Å². The lowest BCUT2D eigenvalue weighted by atomic mass is 10.3. The van der Waals surface area contributed by atoms with Gasteiger partial charge in [-0.25, -0.2) is 9.78 Å². The topological polar surface area (TPSA) is 72.5 Å². The van der Waals surface area contributed by atoms with Crippen LogP contribution in [0.5, 0.6) is 11.5 Å². The number of hydrogen-bond acceptors (Lipinski definition) is 5. The number of aromatic nitrogens is 1. The van der Waals surface area contributed by atoms with Gasteiger partial charge >= 0.3 is 6.03 Å². The molecule has 0 atom stereocenters. The molecule has 1 aromatic heterocycles. The summed E-state index contributed by atoms with van der Waals surface area (Å²) in [4.78, 5) is 16.5. The predicted octanol–water partition coefficient (Wildman–Crippen LogP) is 3.64. The minimum Gasteiger partial charge on any atom is -0.493 e. The highest BCUT2D eigenvalue weighted by Crippen LogP contribution is 2.29. The maximum absolute atomic E-state index is 12.0. The van der Waals surface area contributed by atoms with Crippen molar-refractivity contribution in [1.29, 1.82) is 0 Å². The first-order chi connectivity index (χ1) is 11.7. The largest absolute Gasteiger partial charge is 0.493 e. The molecule has 0 unspecified atom stereocenters. The molecule has 0 saturated carbocycles. The highest BCUT2D eigenvalue weighted by Gasteiger charge is 2.08. The molecule has 0 aliphatic carbocycles. The van der Waals surface area contributed by atoms with E-state index in [1.54, 1.807) is 43.8 Å². The average Bonchev–Trinajstić information content (AvgIpc) is 3.03. The molecule has 0 bridgehead atoms.